The van der Waals surface area contributed by atoms with Crippen molar-refractivity contribution in [2.75, 3.05) is 13.7 Å². The summed E-state index contributed by atoms with van der Waals surface area (Å²) in [5.74, 6) is 0.505. The van der Waals surface area contributed by atoms with E-state index in [-0.39, 0.29) is 10.5 Å². The van der Waals surface area contributed by atoms with Crippen molar-refractivity contribution in [1.29, 1.82) is 0 Å². The fraction of sp³-hybridized carbons (Fsp3) is 0.231. The van der Waals surface area contributed by atoms with Crippen LogP contribution in [0, 0.1) is 5.92 Å². The molecule has 0 spiro atoms. The molecule has 0 saturated heterocycles. The van der Waals surface area contributed by atoms with Crippen LogP contribution in [-0.4, -0.2) is 76.6 Å². The highest BCUT2D eigenvalue weighted by Crippen LogP contribution is 2.39. The second kappa shape index (κ2) is 13.8. The molecule has 1 amide bonds. The zero-order valence-corrected chi connectivity index (χ0v) is 32.4. The first-order chi connectivity index (χ1) is 27.0. The Bertz CT molecular complexity index is 2800. The number of amides is 1. The molecule has 9 rings (SSSR count). The number of halogens is 2. The SMILES string of the molecule is COc1cc(C(=O)N2C=C(F)CC(N)(S(=O)(=O)c3ccc(Br)cc3)C2)cc2nc(-c3cc4cccnc4n3CC3CC3)n(Cc3cnn(-c4cnccn4)c3)c12. The summed E-state index contributed by atoms with van der Waals surface area (Å²) in [6.07, 6.45) is 12.9. The lowest BCUT2D eigenvalue weighted by Gasteiger charge is -2.36. The number of imidazole rings is 1. The van der Waals surface area contributed by atoms with Crippen molar-refractivity contribution < 1.29 is 22.3 Å². The van der Waals surface area contributed by atoms with Crippen LogP contribution in [0.2, 0.25) is 0 Å². The van der Waals surface area contributed by atoms with Gasteiger partial charge in [-0.05, 0) is 73.4 Å². The predicted molar refractivity (Wildman–Crippen MR) is 209 cm³/mol. The van der Waals surface area contributed by atoms with Crippen molar-refractivity contribution >= 4 is 53.7 Å². The molecule has 56 heavy (non-hydrogen) atoms. The van der Waals surface area contributed by atoms with Crippen molar-refractivity contribution in [1.82, 2.24) is 43.8 Å². The van der Waals surface area contributed by atoms with Crippen LogP contribution in [-0.2, 0) is 22.9 Å². The molecule has 284 valence electrons. The van der Waals surface area contributed by atoms with E-state index >= 15 is 4.39 Å². The number of nitrogens with zero attached hydrogens (tertiary/aromatic N) is 9. The Morgan fingerprint density at radius 3 is 2.62 bits per heavy atom. The Morgan fingerprint density at radius 1 is 1.05 bits per heavy atom. The van der Waals surface area contributed by atoms with Gasteiger partial charge in [0.1, 0.15) is 27.6 Å². The fourth-order valence-corrected chi connectivity index (χ4v) is 9.11. The topological polar surface area (TPSA) is 169 Å². The van der Waals surface area contributed by atoms with Crippen molar-refractivity contribution in [3.8, 4) is 23.1 Å². The van der Waals surface area contributed by atoms with Crippen LogP contribution in [0.3, 0.4) is 0 Å². The number of pyridine rings is 1. The Balaban J connectivity index is 1.15. The molecule has 0 radical (unpaired) electrons. The molecule has 1 aliphatic carbocycles. The standard InChI is InChI=1S/C39H34BrFN10O4S/c1-55-33-15-27(38(52)48-22-29(41)16-39(42,23-48)56(53,54)30-8-6-28(40)7-9-30)13-31-35(33)50(20-25-17-46-51(21-25)34-18-43-11-12-44-34)37(47-31)32-14-26-3-2-10-45-36(26)49(32)19-24-4-5-24/h2-3,6-15,17-18,21-22,24H,4-5,16,19-20,23,42H2,1H3. The smallest absolute Gasteiger partial charge is 0.258 e. The summed E-state index contributed by atoms with van der Waals surface area (Å²) in [6, 6.07) is 15.1. The number of hydrogen-bond acceptors (Lipinski definition) is 10. The zero-order chi connectivity index (χ0) is 38.8. The third-order valence-electron chi connectivity index (χ3n) is 10.2. The first-order valence-corrected chi connectivity index (χ1v) is 20.1. The van der Waals surface area contributed by atoms with Gasteiger partial charge in [-0.3, -0.25) is 9.78 Å². The molecule has 2 aromatic carbocycles. The molecule has 5 aromatic heterocycles. The molecule has 2 N–H and O–H groups in total. The van der Waals surface area contributed by atoms with Gasteiger partial charge in [-0.25, -0.2) is 32.4 Å². The van der Waals surface area contributed by atoms with E-state index in [1.165, 1.54) is 19.2 Å². The Labute approximate surface area is 328 Å². The van der Waals surface area contributed by atoms with Gasteiger partial charge in [0.15, 0.2) is 21.5 Å². The number of carbonyl (C=O) groups excluding carboxylic acids is 1. The van der Waals surface area contributed by atoms with Crippen molar-refractivity contribution in [3.63, 3.8) is 0 Å². The minimum Gasteiger partial charge on any atom is -0.494 e. The summed E-state index contributed by atoms with van der Waals surface area (Å²) in [5.41, 5.74) is 10.2. The molecular weight excluding hydrogens is 803 g/mol. The number of carbonyl (C=O) groups is 1. The number of rotatable bonds is 10. The van der Waals surface area contributed by atoms with Gasteiger partial charge in [-0.15, -0.1) is 0 Å². The minimum absolute atomic E-state index is 0.0806. The summed E-state index contributed by atoms with van der Waals surface area (Å²) in [5, 5.41) is 5.49. The van der Waals surface area contributed by atoms with E-state index in [2.05, 4.69) is 41.6 Å². The van der Waals surface area contributed by atoms with Crippen molar-refractivity contribution in [3.05, 3.63) is 119 Å². The molecule has 1 atom stereocenters. The number of aromatic nitrogens is 8. The normalized spacial score (nSPS) is 17.4. The van der Waals surface area contributed by atoms with Crippen LogP contribution in [0.4, 0.5) is 4.39 Å². The second-order valence-electron chi connectivity index (χ2n) is 14.1. The van der Waals surface area contributed by atoms with Gasteiger partial charge in [0.2, 0.25) is 0 Å². The maximum atomic E-state index is 15.3. The van der Waals surface area contributed by atoms with Gasteiger partial charge in [0.25, 0.3) is 5.91 Å². The molecular formula is C39H34BrFN10O4S. The van der Waals surface area contributed by atoms with E-state index in [1.807, 2.05) is 22.9 Å². The van der Waals surface area contributed by atoms with Crippen LogP contribution in [0.15, 0.2) is 113 Å². The number of sulfone groups is 1. The van der Waals surface area contributed by atoms with Crippen LogP contribution in [0.25, 0.3) is 39.4 Å². The van der Waals surface area contributed by atoms with Gasteiger partial charge in [0.05, 0.1) is 48.7 Å². The molecule has 14 nitrogen and oxygen atoms in total. The van der Waals surface area contributed by atoms with Gasteiger partial charge >= 0.3 is 0 Å². The largest absolute Gasteiger partial charge is 0.494 e. The number of fused-ring (bicyclic) bond motifs is 2. The quantitative estimate of drug-likeness (QED) is 0.171. The summed E-state index contributed by atoms with van der Waals surface area (Å²) >= 11 is 3.31. The first-order valence-electron chi connectivity index (χ1n) is 17.8. The lowest BCUT2D eigenvalue weighted by Crippen LogP contribution is -2.57. The zero-order valence-electron chi connectivity index (χ0n) is 30.0. The van der Waals surface area contributed by atoms with E-state index in [0.717, 1.165) is 52.8 Å². The number of nitrogens with two attached hydrogens (primary N) is 1. The van der Waals surface area contributed by atoms with E-state index < -0.39 is 39.4 Å². The molecule has 1 saturated carbocycles. The maximum absolute atomic E-state index is 15.3. The molecule has 1 fully saturated rings. The van der Waals surface area contributed by atoms with E-state index in [9.17, 15) is 13.2 Å². The van der Waals surface area contributed by atoms with Crippen LogP contribution in [0.1, 0.15) is 35.2 Å². The average Bonchev–Trinajstić information content (AvgIpc) is 3.60. The summed E-state index contributed by atoms with van der Waals surface area (Å²) in [4.78, 5) is 31.5. The third kappa shape index (κ3) is 6.34. The highest BCUT2D eigenvalue weighted by Gasteiger charge is 2.47. The molecule has 7 aromatic rings. The van der Waals surface area contributed by atoms with Gasteiger partial charge < -0.3 is 24.5 Å². The first kappa shape index (κ1) is 35.9. The second-order valence-corrected chi connectivity index (χ2v) is 17.3. The van der Waals surface area contributed by atoms with E-state index in [1.54, 1.807) is 59.9 Å². The number of ether oxygens (including phenoxy) is 1. The predicted octanol–water partition coefficient (Wildman–Crippen LogP) is 6.04. The van der Waals surface area contributed by atoms with Crippen LogP contribution >= 0.6 is 15.9 Å². The fourth-order valence-electron chi connectivity index (χ4n) is 7.25. The molecule has 2 aliphatic rings. The molecule has 0 bridgehead atoms. The molecule has 1 unspecified atom stereocenters. The Morgan fingerprint density at radius 2 is 1.88 bits per heavy atom. The maximum Gasteiger partial charge on any atom is 0.258 e. The molecule has 6 heterocycles. The Kier molecular flexibility index (Phi) is 8.82. The highest BCUT2D eigenvalue weighted by atomic mass is 79.9. The third-order valence-corrected chi connectivity index (χ3v) is 12.9. The van der Waals surface area contributed by atoms with Gasteiger partial charge in [0, 0.05) is 64.9 Å². The van der Waals surface area contributed by atoms with Crippen LogP contribution in [0.5, 0.6) is 5.75 Å². The Hall–Kier alpha value is -5.78. The number of methoxy groups -OCH3 is 1. The van der Waals surface area contributed by atoms with E-state index in [0.29, 0.717) is 45.4 Å². The summed E-state index contributed by atoms with van der Waals surface area (Å²) in [6.45, 7) is 0.598. The number of hydrogen-bond donors (Lipinski definition) is 1. The minimum atomic E-state index is -4.29. The molecule has 17 heteroatoms. The average molecular weight is 838 g/mol. The summed E-state index contributed by atoms with van der Waals surface area (Å²) < 4.78 is 55.4. The molecule has 1 aliphatic heterocycles. The van der Waals surface area contributed by atoms with Crippen LogP contribution < -0.4 is 10.5 Å². The highest BCUT2D eigenvalue weighted by molar-refractivity contribution is 9.10. The van der Waals surface area contributed by atoms with E-state index in [4.69, 9.17) is 20.4 Å². The monoisotopic (exact) mass is 836 g/mol. The lowest BCUT2D eigenvalue weighted by molar-refractivity contribution is 0.0791. The van der Waals surface area contributed by atoms with Crippen molar-refractivity contribution in [2.24, 2.45) is 11.7 Å². The number of benzene rings is 2. The van der Waals surface area contributed by atoms with Crippen molar-refractivity contribution in [2.45, 2.75) is 42.1 Å². The summed E-state index contributed by atoms with van der Waals surface area (Å²) in [7, 11) is -2.79. The van der Waals surface area contributed by atoms with Gasteiger partial charge in [-0.2, -0.15) is 5.10 Å². The lowest BCUT2D eigenvalue weighted by atomic mass is 10.1. The van der Waals surface area contributed by atoms with Gasteiger partial charge in [-0.1, -0.05) is 15.9 Å².